The van der Waals surface area contributed by atoms with Gasteiger partial charge in [-0.3, -0.25) is 19.3 Å². The predicted octanol–water partition coefficient (Wildman–Crippen LogP) is -0.326. The van der Waals surface area contributed by atoms with Crippen LogP contribution < -0.4 is 16.4 Å². The lowest BCUT2D eigenvalue weighted by atomic mass is 10.0. The highest BCUT2D eigenvalue weighted by Crippen LogP contribution is 2.40. The molecule has 0 radical (unpaired) electrons. The number of carboxylic acids is 1. The number of nitrogens with one attached hydrogen (secondary N) is 2. The fourth-order valence-electron chi connectivity index (χ4n) is 3.02. The van der Waals surface area contributed by atoms with E-state index in [1.165, 1.54) is 17.1 Å². The highest BCUT2D eigenvalue weighted by molar-refractivity contribution is 8.00. The number of carbonyl (C=O) groups is 5. The SMILES string of the molecule is CC(C)ON=C(C(=O)NC1C(=O)N2C(C(=O)O)=C(COC(N)=O)CS[C@H]12)c1csc(NC=O)n1. The summed E-state index contributed by atoms with van der Waals surface area (Å²) in [5, 5.41) is 19.4. The highest BCUT2D eigenvalue weighted by Gasteiger charge is 2.54. The fourth-order valence-corrected chi connectivity index (χ4v) is 5.01. The molecule has 1 saturated heterocycles. The molecule has 182 valence electrons. The van der Waals surface area contributed by atoms with Gasteiger partial charge in [-0.15, -0.1) is 23.1 Å². The van der Waals surface area contributed by atoms with E-state index in [2.05, 4.69) is 25.5 Å². The molecular weight excluding hydrogens is 492 g/mol. The Bertz CT molecular complexity index is 1080. The largest absolute Gasteiger partial charge is 0.477 e. The molecule has 14 nitrogen and oxygen atoms in total. The number of β-lactam (4-membered cyclic amide) rings is 1. The summed E-state index contributed by atoms with van der Waals surface area (Å²) in [6.45, 7) is 3.03. The normalized spacial score (nSPS) is 19.8. The number of carbonyl (C=O) groups excluding carboxylic acids is 4. The lowest BCUT2D eigenvalue weighted by molar-refractivity contribution is -0.150. The first kappa shape index (κ1) is 25.0. The zero-order valence-electron chi connectivity index (χ0n) is 17.8. The molecule has 4 amide bonds. The number of nitrogens with two attached hydrogens (primary N) is 1. The van der Waals surface area contributed by atoms with E-state index in [-0.39, 0.29) is 46.3 Å². The summed E-state index contributed by atoms with van der Waals surface area (Å²) in [7, 11) is 0. The standard InChI is InChI=1S/C18H20N6O8S2/c1-7(2)32-23-10(9-5-34-18(21-9)20-6-25)13(26)22-11-14(27)24-12(16(28)29)8(3-31-17(19)30)4-33-15(11)24/h5-7,11,15H,3-4H2,1-2H3,(H2,19,30)(H,22,26)(H,28,29)(H,20,21,25)/t11?,15-/m1/s1. The van der Waals surface area contributed by atoms with E-state index in [4.69, 9.17) is 10.6 Å². The molecule has 1 aromatic heterocycles. The van der Waals surface area contributed by atoms with Gasteiger partial charge in [-0.1, -0.05) is 5.16 Å². The van der Waals surface area contributed by atoms with Crippen LogP contribution in [0.5, 0.6) is 0 Å². The van der Waals surface area contributed by atoms with E-state index in [1.807, 2.05) is 0 Å². The van der Waals surface area contributed by atoms with Crippen LogP contribution in [-0.2, 0) is 28.8 Å². The van der Waals surface area contributed by atoms with Crippen LogP contribution in [0, 0.1) is 0 Å². The van der Waals surface area contributed by atoms with Crippen LogP contribution in [0.1, 0.15) is 19.5 Å². The first-order valence-corrected chi connectivity index (χ1v) is 11.6. The Kier molecular flexibility index (Phi) is 7.72. The Morgan fingerprint density at radius 2 is 2.18 bits per heavy atom. The van der Waals surface area contributed by atoms with E-state index >= 15 is 0 Å². The van der Waals surface area contributed by atoms with Gasteiger partial charge in [0.15, 0.2) is 10.8 Å². The quantitative estimate of drug-likeness (QED) is 0.139. The molecule has 1 fully saturated rings. The van der Waals surface area contributed by atoms with E-state index < -0.39 is 35.3 Å². The minimum absolute atomic E-state index is 0.115. The molecule has 3 rings (SSSR count). The number of thiazole rings is 1. The molecule has 0 aromatic carbocycles. The van der Waals surface area contributed by atoms with Crippen LogP contribution in [0.4, 0.5) is 9.93 Å². The summed E-state index contributed by atoms with van der Waals surface area (Å²) in [6, 6.07) is -1.04. The van der Waals surface area contributed by atoms with Crippen LogP contribution in [0.3, 0.4) is 0 Å². The van der Waals surface area contributed by atoms with Crippen molar-refractivity contribution in [3.05, 3.63) is 22.3 Å². The van der Waals surface area contributed by atoms with Crippen molar-refractivity contribution in [2.24, 2.45) is 10.9 Å². The second-order valence-corrected chi connectivity index (χ2v) is 9.08. The summed E-state index contributed by atoms with van der Waals surface area (Å²) in [5.74, 6) is -2.67. The lowest BCUT2D eigenvalue weighted by Crippen LogP contribution is -2.71. The average molecular weight is 513 g/mol. The number of aliphatic carboxylic acids is 1. The molecule has 0 aliphatic carbocycles. The Morgan fingerprint density at radius 3 is 2.79 bits per heavy atom. The van der Waals surface area contributed by atoms with Crippen LogP contribution in [-0.4, -0.2) is 80.9 Å². The van der Waals surface area contributed by atoms with Crippen LogP contribution in [0.2, 0.25) is 0 Å². The Hall–Kier alpha value is -3.66. The van der Waals surface area contributed by atoms with Gasteiger partial charge >= 0.3 is 12.1 Å². The molecule has 2 aliphatic rings. The number of primary amides is 1. The maximum Gasteiger partial charge on any atom is 0.404 e. The topological polar surface area (TPSA) is 203 Å². The number of nitrogens with zero attached hydrogens (tertiary/aromatic N) is 3. The van der Waals surface area contributed by atoms with Gasteiger partial charge in [-0.05, 0) is 13.8 Å². The molecule has 3 heterocycles. The minimum Gasteiger partial charge on any atom is -0.477 e. The number of carboxylic acid groups (broad SMARTS) is 1. The maximum atomic E-state index is 13.0. The molecule has 0 spiro atoms. The Balaban J connectivity index is 1.79. The van der Waals surface area contributed by atoms with Crippen molar-refractivity contribution >= 4 is 64.2 Å². The Labute approximate surface area is 200 Å². The highest BCUT2D eigenvalue weighted by atomic mass is 32.2. The van der Waals surface area contributed by atoms with Gasteiger partial charge in [0.25, 0.3) is 11.8 Å². The van der Waals surface area contributed by atoms with Crippen molar-refractivity contribution in [1.82, 2.24) is 15.2 Å². The molecular formula is C18H20N6O8S2. The van der Waals surface area contributed by atoms with Gasteiger partial charge in [0, 0.05) is 16.7 Å². The first-order valence-electron chi connectivity index (χ1n) is 9.67. The number of anilines is 1. The second kappa shape index (κ2) is 10.5. The predicted molar refractivity (Wildman–Crippen MR) is 120 cm³/mol. The van der Waals surface area contributed by atoms with Crippen molar-refractivity contribution in [2.45, 2.75) is 31.4 Å². The first-order chi connectivity index (χ1) is 16.1. The van der Waals surface area contributed by atoms with Crippen molar-refractivity contribution < 1.29 is 38.7 Å². The third-order valence-electron chi connectivity index (χ3n) is 4.42. The number of rotatable bonds is 10. The van der Waals surface area contributed by atoms with Gasteiger partial charge in [0.1, 0.15) is 35.5 Å². The van der Waals surface area contributed by atoms with Gasteiger partial charge in [0.2, 0.25) is 6.41 Å². The van der Waals surface area contributed by atoms with Gasteiger partial charge in [-0.2, -0.15) is 0 Å². The van der Waals surface area contributed by atoms with Gasteiger partial charge < -0.3 is 31.0 Å². The van der Waals surface area contributed by atoms with Crippen LogP contribution in [0.25, 0.3) is 0 Å². The van der Waals surface area contributed by atoms with Crippen molar-refractivity contribution in [1.29, 1.82) is 0 Å². The molecule has 0 saturated carbocycles. The molecule has 5 N–H and O–H groups in total. The zero-order valence-corrected chi connectivity index (χ0v) is 19.5. The fraction of sp³-hybridized carbons (Fsp3) is 0.389. The molecule has 16 heteroatoms. The number of fused-ring (bicyclic) bond motifs is 1. The van der Waals surface area contributed by atoms with E-state index in [9.17, 15) is 29.1 Å². The summed E-state index contributed by atoms with van der Waals surface area (Å²) in [4.78, 5) is 69.4. The summed E-state index contributed by atoms with van der Waals surface area (Å²) >= 11 is 2.24. The Morgan fingerprint density at radius 1 is 1.44 bits per heavy atom. The number of amides is 4. The number of hydrogen-bond acceptors (Lipinski definition) is 11. The smallest absolute Gasteiger partial charge is 0.404 e. The van der Waals surface area contributed by atoms with Gasteiger partial charge in [0.05, 0.1) is 0 Å². The van der Waals surface area contributed by atoms with E-state index in [0.29, 0.717) is 6.41 Å². The number of hydrogen-bond donors (Lipinski definition) is 4. The molecule has 2 atom stereocenters. The summed E-state index contributed by atoms with van der Waals surface area (Å²) in [5.41, 5.74) is 4.72. The number of oxime groups is 1. The number of ether oxygens (including phenoxy) is 1. The lowest BCUT2D eigenvalue weighted by Gasteiger charge is -2.49. The zero-order chi connectivity index (χ0) is 25.0. The molecule has 1 aromatic rings. The second-order valence-electron chi connectivity index (χ2n) is 7.12. The van der Waals surface area contributed by atoms with E-state index in [0.717, 1.165) is 16.2 Å². The molecule has 2 aliphatic heterocycles. The van der Waals surface area contributed by atoms with Crippen molar-refractivity contribution in [2.75, 3.05) is 17.7 Å². The number of aromatic nitrogens is 1. The maximum absolute atomic E-state index is 13.0. The van der Waals surface area contributed by atoms with Gasteiger partial charge in [-0.25, -0.2) is 14.6 Å². The monoisotopic (exact) mass is 512 g/mol. The molecule has 1 unspecified atom stereocenters. The molecule has 34 heavy (non-hydrogen) atoms. The van der Waals surface area contributed by atoms with Crippen LogP contribution in [0.15, 0.2) is 21.8 Å². The van der Waals surface area contributed by atoms with E-state index in [1.54, 1.807) is 13.8 Å². The molecule has 0 bridgehead atoms. The van der Waals surface area contributed by atoms with Crippen LogP contribution >= 0.6 is 23.1 Å². The van der Waals surface area contributed by atoms with Crippen molar-refractivity contribution in [3.8, 4) is 0 Å². The summed E-state index contributed by atoms with van der Waals surface area (Å²) in [6.07, 6.45) is -0.996. The third-order valence-corrected chi connectivity index (χ3v) is 6.54. The third kappa shape index (κ3) is 5.28. The number of thioether (sulfide) groups is 1. The van der Waals surface area contributed by atoms with Crippen molar-refractivity contribution in [3.63, 3.8) is 0 Å². The minimum atomic E-state index is -1.38. The average Bonchev–Trinajstić information content (AvgIpc) is 3.23. The summed E-state index contributed by atoms with van der Waals surface area (Å²) < 4.78 is 4.68.